The van der Waals surface area contributed by atoms with E-state index in [1.807, 2.05) is 0 Å². The third kappa shape index (κ3) is 2.97. The molecular formula is C14H12N2O4. The predicted octanol–water partition coefficient (Wildman–Crippen LogP) is 2.42. The standard InChI is InChI=1S/C14H12N2O4/c1-20-14-3-2-10(8-12(14)16(18)19)9-13(17)11-4-6-15-7-5-11/h2-8H,9H2,1H3. The van der Waals surface area contributed by atoms with Gasteiger partial charge in [0.1, 0.15) is 0 Å². The number of pyridine rings is 1. The van der Waals surface area contributed by atoms with Crippen molar-refractivity contribution in [2.75, 3.05) is 7.11 Å². The average Bonchev–Trinajstić information content (AvgIpc) is 2.48. The van der Waals surface area contributed by atoms with Crippen LogP contribution in [0.5, 0.6) is 5.75 Å². The molecular weight excluding hydrogens is 260 g/mol. The Hall–Kier alpha value is -2.76. The van der Waals surface area contributed by atoms with E-state index in [1.54, 1.807) is 18.2 Å². The Balaban J connectivity index is 2.24. The van der Waals surface area contributed by atoms with E-state index in [0.717, 1.165) is 0 Å². The maximum atomic E-state index is 12.0. The Labute approximate surface area is 115 Å². The number of hydrogen-bond donors (Lipinski definition) is 0. The first-order chi connectivity index (χ1) is 9.61. The lowest BCUT2D eigenvalue weighted by Gasteiger charge is -2.05. The van der Waals surface area contributed by atoms with E-state index in [2.05, 4.69) is 4.98 Å². The van der Waals surface area contributed by atoms with E-state index >= 15 is 0 Å². The van der Waals surface area contributed by atoms with Gasteiger partial charge in [-0.25, -0.2) is 0 Å². The van der Waals surface area contributed by atoms with Crippen LogP contribution in [-0.4, -0.2) is 22.8 Å². The summed E-state index contributed by atoms with van der Waals surface area (Å²) in [6.45, 7) is 0. The summed E-state index contributed by atoms with van der Waals surface area (Å²) in [5.41, 5.74) is 0.949. The molecule has 0 spiro atoms. The number of nitro benzene ring substituents is 1. The molecule has 0 unspecified atom stereocenters. The fraction of sp³-hybridized carbons (Fsp3) is 0.143. The van der Waals surface area contributed by atoms with Gasteiger partial charge in [-0.05, 0) is 23.8 Å². The van der Waals surface area contributed by atoms with Gasteiger partial charge in [0.2, 0.25) is 0 Å². The number of ether oxygens (including phenoxy) is 1. The number of rotatable bonds is 5. The van der Waals surface area contributed by atoms with Crippen molar-refractivity contribution >= 4 is 11.5 Å². The minimum absolute atomic E-state index is 0.0921. The molecule has 0 bridgehead atoms. The summed E-state index contributed by atoms with van der Waals surface area (Å²) in [6, 6.07) is 7.72. The molecule has 102 valence electrons. The van der Waals surface area contributed by atoms with Crippen LogP contribution in [0.4, 0.5) is 5.69 Å². The molecule has 0 saturated heterocycles. The number of Topliss-reactive ketones (excluding diaryl/α,β-unsaturated/α-hetero) is 1. The second kappa shape index (κ2) is 5.92. The molecule has 0 aliphatic heterocycles. The van der Waals surface area contributed by atoms with Crippen LogP contribution in [0.2, 0.25) is 0 Å². The zero-order chi connectivity index (χ0) is 14.5. The molecule has 0 amide bonds. The highest BCUT2D eigenvalue weighted by Crippen LogP contribution is 2.27. The van der Waals surface area contributed by atoms with Gasteiger partial charge >= 0.3 is 5.69 Å². The predicted molar refractivity (Wildman–Crippen MR) is 71.9 cm³/mol. The van der Waals surface area contributed by atoms with E-state index in [-0.39, 0.29) is 23.6 Å². The number of hydrogen-bond acceptors (Lipinski definition) is 5. The molecule has 0 radical (unpaired) electrons. The molecule has 1 aromatic heterocycles. The van der Waals surface area contributed by atoms with E-state index < -0.39 is 4.92 Å². The van der Waals surface area contributed by atoms with Crippen LogP contribution in [0.1, 0.15) is 15.9 Å². The monoisotopic (exact) mass is 272 g/mol. The minimum atomic E-state index is -0.529. The topological polar surface area (TPSA) is 82.3 Å². The van der Waals surface area contributed by atoms with Crippen molar-refractivity contribution in [3.05, 3.63) is 64.0 Å². The second-order valence-electron chi connectivity index (χ2n) is 4.10. The number of ketones is 1. The molecule has 0 atom stereocenters. The van der Waals surface area contributed by atoms with Crippen molar-refractivity contribution in [3.63, 3.8) is 0 Å². The smallest absolute Gasteiger partial charge is 0.311 e. The first kappa shape index (κ1) is 13.7. The molecule has 1 heterocycles. The van der Waals surface area contributed by atoms with Gasteiger partial charge in [-0.15, -0.1) is 0 Å². The second-order valence-corrected chi connectivity index (χ2v) is 4.10. The summed E-state index contributed by atoms with van der Waals surface area (Å²) >= 11 is 0. The van der Waals surface area contributed by atoms with E-state index in [1.165, 1.54) is 31.6 Å². The quantitative estimate of drug-likeness (QED) is 0.474. The van der Waals surface area contributed by atoms with Gasteiger partial charge in [-0.2, -0.15) is 0 Å². The van der Waals surface area contributed by atoms with Crippen molar-refractivity contribution in [3.8, 4) is 5.75 Å². The van der Waals surface area contributed by atoms with Crippen molar-refractivity contribution in [1.29, 1.82) is 0 Å². The number of nitrogens with zero attached hydrogens (tertiary/aromatic N) is 2. The van der Waals surface area contributed by atoms with Crippen LogP contribution in [0.15, 0.2) is 42.7 Å². The van der Waals surface area contributed by atoms with Gasteiger partial charge in [0.15, 0.2) is 11.5 Å². The van der Waals surface area contributed by atoms with E-state index in [0.29, 0.717) is 11.1 Å². The molecule has 0 N–H and O–H groups in total. The number of aromatic nitrogens is 1. The summed E-state index contributed by atoms with van der Waals surface area (Å²) in [5, 5.41) is 10.9. The van der Waals surface area contributed by atoms with Crippen LogP contribution >= 0.6 is 0 Å². The highest BCUT2D eigenvalue weighted by Gasteiger charge is 2.16. The molecule has 0 fully saturated rings. The summed E-state index contributed by atoms with van der Waals surface area (Å²) in [7, 11) is 1.37. The SMILES string of the molecule is COc1ccc(CC(=O)c2ccncc2)cc1[N+](=O)[O-]. The summed E-state index contributed by atoms with van der Waals surface area (Å²) in [4.78, 5) is 26.3. The normalized spacial score (nSPS) is 10.1. The number of nitro groups is 1. The maximum absolute atomic E-state index is 12.0. The molecule has 20 heavy (non-hydrogen) atoms. The van der Waals surface area contributed by atoms with Crippen LogP contribution in [0.25, 0.3) is 0 Å². The molecule has 0 aliphatic carbocycles. The third-order valence-corrected chi connectivity index (χ3v) is 2.81. The number of benzene rings is 1. The fourth-order valence-electron chi connectivity index (χ4n) is 1.81. The van der Waals surface area contributed by atoms with Crippen LogP contribution < -0.4 is 4.74 Å². The van der Waals surface area contributed by atoms with Crippen molar-refractivity contribution < 1.29 is 14.5 Å². The lowest BCUT2D eigenvalue weighted by atomic mass is 10.0. The summed E-state index contributed by atoms with van der Waals surface area (Å²) < 4.78 is 4.92. The lowest BCUT2D eigenvalue weighted by molar-refractivity contribution is -0.385. The van der Waals surface area contributed by atoms with Gasteiger partial charge in [0.25, 0.3) is 0 Å². The first-order valence-corrected chi connectivity index (χ1v) is 5.86. The Morgan fingerprint density at radius 1 is 1.30 bits per heavy atom. The van der Waals surface area contributed by atoms with Crippen LogP contribution in [-0.2, 0) is 6.42 Å². The van der Waals surface area contributed by atoms with Gasteiger partial charge in [0.05, 0.1) is 12.0 Å². The minimum Gasteiger partial charge on any atom is -0.490 e. The van der Waals surface area contributed by atoms with Gasteiger partial charge < -0.3 is 4.74 Å². The third-order valence-electron chi connectivity index (χ3n) is 2.81. The highest BCUT2D eigenvalue weighted by molar-refractivity contribution is 5.97. The van der Waals surface area contributed by atoms with Crippen molar-refractivity contribution in [2.24, 2.45) is 0 Å². The molecule has 1 aromatic carbocycles. The Morgan fingerprint density at radius 3 is 2.60 bits per heavy atom. The summed E-state index contributed by atoms with van der Waals surface area (Å²) in [6.07, 6.45) is 3.16. The zero-order valence-corrected chi connectivity index (χ0v) is 10.8. The molecule has 2 rings (SSSR count). The maximum Gasteiger partial charge on any atom is 0.311 e. The van der Waals surface area contributed by atoms with Crippen molar-refractivity contribution in [2.45, 2.75) is 6.42 Å². The molecule has 2 aromatic rings. The van der Waals surface area contributed by atoms with Gasteiger partial charge in [0, 0.05) is 30.4 Å². The molecule has 6 nitrogen and oxygen atoms in total. The zero-order valence-electron chi connectivity index (χ0n) is 10.8. The highest BCUT2D eigenvalue weighted by atomic mass is 16.6. The summed E-state index contributed by atoms with van der Waals surface area (Å²) in [5.74, 6) is 0.0574. The fourth-order valence-corrected chi connectivity index (χ4v) is 1.81. The first-order valence-electron chi connectivity index (χ1n) is 5.86. The largest absolute Gasteiger partial charge is 0.490 e. The van der Waals surface area contributed by atoms with E-state index in [9.17, 15) is 14.9 Å². The average molecular weight is 272 g/mol. The molecule has 6 heteroatoms. The number of carbonyl (C=O) groups excluding carboxylic acids is 1. The Kier molecular flexibility index (Phi) is 4.05. The van der Waals surface area contributed by atoms with Gasteiger partial charge in [-0.3, -0.25) is 19.9 Å². The Bertz CT molecular complexity index is 641. The van der Waals surface area contributed by atoms with E-state index in [4.69, 9.17) is 4.74 Å². The molecule has 0 saturated carbocycles. The lowest BCUT2D eigenvalue weighted by Crippen LogP contribution is -2.04. The van der Waals surface area contributed by atoms with Crippen molar-refractivity contribution in [1.82, 2.24) is 4.98 Å². The number of methoxy groups -OCH3 is 1. The van der Waals surface area contributed by atoms with Crippen LogP contribution in [0.3, 0.4) is 0 Å². The van der Waals surface area contributed by atoms with Gasteiger partial charge in [-0.1, -0.05) is 6.07 Å². The Morgan fingerprint density at radius 2 is 2.00 bits per heavy atom. The van der Waals surface area contributed by atoms with Crippen LogP contribution in [0, 0.1) is 10.1 Å². The number of carbonyl (C=O) groups is 1. The molecule has 0 aliphatic rings.